The summed E-state index contributed by atoms with van der Waals surface area (Å²) < 4.78 is 0. The Morgan fingerprint density at radius 3 is 1.79 bits per heavy atom. The lowest BCUT2D eigenvalue weighted by Gasteiger charge is -2.26. The van der Waals surface area contributed by atoms with Gasteiger partial charge in [-0.1, -0.05) is 43.3 Å². The Morgan fingerprint density at radius 2 is 1.42 bits per heavy atom. The molecule has 3 heteroatoms. The van der Waals surface area contributed by atoms with Crippen molar-refractivity contribution < 1.29 is 9.90 Å². The number of hydrogen-bond donors (Lipinski definition) is 1. The minimum absolute atomic E-state index is 0.430. The summed E-state index contributed by atoms with van der Waals surface area (Å²) in [4.78, 5) is 13.1. The fourth-order valence-corrected chi connectivity index (χ4v) is 1.93. The fraction of sp³-hybridized carbons (Fsp3) is 0.188. The molecule has 0 bridgehead atoms. The van der Waals surface area contributed by atoms with E-state index in [4.69, 9.17) is 5.11 Å². The van der Waals surface area contributed by atoms with Crippen molar-refractivity contribution in [2.24, 2.45) is 5.92 Å². The molecule has 0 heterocycles. The first kappa shape index (κ1) is 13.1. The molecule has 1 atom stereocenters. The summed E-state index contributed by atoms with van der Waals surface area (Å²) in [6, 6.07) is 19.7. The van der Waals surface area contributed by atoms with Crippen molar-refractivity contribution in [2.45, 2.75) is 6.92 Å². The molecule has 0 unspecified atom stereocenters. The molecule has 0 fully saturated rings. The van der Waals surface area contributed by atoms with Gasteiger partial charge in [0, 0.05) is 17.9 Å². The highest BCUT2D eigenvalue weighted by Gasteiger charge is 2.17. The van der Waals surface area contributed by atoms with Crippen LogP contribution in [0.25, 0.3) is 0 Å². The van der Waals surface area contributed by atoms with Crippen molar-refractivity contribution in [3.8, 4) is 0 Å². The van der Waals surface area contributed by atoms with Gasteiger partial charge in [0.2, 0.25) is 0 Å². The van der Waals surface area contributed by atoms with E-state index in [1.807, 2.05) is 65.6 Å². The van der Waals surface area contributed by atoms with Crippen molar-refractivity contribution in [1.82, 2.24) is 0 Å². The van der Waals surface area contributed by atoms with Gasteiger partial charge in [0.05, 0.1) is 5.92 Å². The van der Waals surface area contributed by atoms with Crippen LogP contribution in [0.3, 0.4) is 0 Å². The molecule has 0 aliphatic carbocycles. The number of para-hydroxylation sites is 2. The summed E-state index contributed by atoms with van der Waals surface area (Å²) in [6.07, 6.45) is 0. The van der Waals surface area contributed by atoms with Gasteiger partial charge in [0.15, 0.2) is 0 Å². The van der Waals surface area contributed by atoms with Crippen LogP contribution in [-0.4, -0.2) is 17.6 Å². The maximum absolute atomic E-state index is 11.1. The summed E-state index contributed by atoms with van der Waals surface area (Å²) in [7, 11) is 0. The molecular weight excluding hydrogens is 238 g/mol. The van der Waals surface area contributed by atoms with E-state index in [1.54, 1.807) is 6.92 Å². The summed E-state index contributed by atoms with van der Waals surface area (Å²) in [6.45, 7) is 2.17. The lowest BCUT2D eigenvalue weighted by atomic mass is 10.1. The van der Waals surface area contributed by atoms with E-state index < -0.39 is 11.9 Å². The zero-order valence-corrected chi connectivity index (χ0v) is 10.9. The smallest absolute Gasteiger partial charge is 0.308 e. The third-order valence-electron chi connectivity index (χ3n) is 3.01. The summed E-state index contributed by atoms with van der Waals surface area (Å²) in [5.74, 6) is -1.21. The average Bonchev–Trinajstić information content (AvgIpc) is 2.46. The van der Waals surface area contributed by atoms with Crippen LogP contribution >= 0.6 is 0 Å². The zero-order chi connectivity index (χ0) is 13.7. The van der Waals surface area contributed by atoms with E-state index in [2.05, 4.69) is 0 Å². The topological polar surface area (TPSA) is 40.5 Å². The maximum Gasteiger partial charge on any atom is 0.308 e. The molecule has 0 aliphatic rings. The highest BCUT2D eigenvalue weighted by molar-refractivity contribution is 5.72. The fourth-order valence-electron chi connectivity index (χ4n) is 1.93. The Bertz CT molecular complexity index is 485. The summed E-state index contributed by atoms with van der Waals surface area (Å²) in [5, 5.41) is 9.10. The number of rotatable bonds is 5. The number of hydrogen-bond acceptors (Lipinski definition) is 2. The maximum atomic E-state index is 11.1. The zero-order valence-electron chi connectivity index (χ0n) is 10.9. The first-order valence-corrected chi connectivity index (χ1v) is 6.29. The first-order chi connectivity index (χ1) is 9.18. The first-order valence-electron chi connectivity index (χ1n) is 6.29. The third-order valence-corrected chi connectivity index (χ3v) is 3.01. The lowest BCUT2D eigenvalue weighted by molar-refractivity contribution is -0.140. The molecular formula is C16H17NO2. The van der Waals surface area contributed by atoms with Gasteiger partial charge in [-0.2, -0.15) is 0 Å². The van der Waals surface area contributed by atoms with Crippen LogP contribution in [0.4, 0.5) is 11.4 Å². The molecule has 0 amide bonds. The number of carboxylic acids is 1. The van der Waals surface area contributed by atoms with E-state index >= 15 is 0 Å². The largest absolute Gasteiger partial charge is 0.481 e. The Kier molecular flexibility index (Phi) is 4.18. The molecule has 19 heavy (non-hydrogen) atoms. The SMILES string of the molecule is C[C@@H](CN(c1ccccc1)c1ccccc1)C(=O)O. The van der Waals surface area contributed by atoms with Gasteiger partial charge in [0.25, 0.3) is 0 Å². The second kappa shape index (κ2) is 6.05. The van der Waals surface area contributed by atoms with E-state index in [0.29, 0.717) is 6.54 Å². The summed E-state index contributed by atoms with van der Waals surface area (Å²) in [5.41, 5.74) is 2.00. The van der Waals surface area contributed by atoms with Crippen LogP contribution in [0, 0.1) is 5.92 Å². The Hall–Kier alpha value is -2.29. The van der Waals surface area contributed by atoms with E-state index in [9.17, 15) is 4.79 Å². The van der Waals surface area contributed by atoms with Crippen molar-refractivity contribution in [2.75, 3.05) is 11.4 Å². The van der Waals surface area contributed by atoms with Gasteiger partial charge in [-0.3, -0.25) is 4.79 Å². The molecule has 1 N–H and O–H groups in total. The van der Waals surface area contributed by atoms with Gasteiger partial charge in [-0.05, 0) is 24.3 Å². The van der Waals surface area contributed by atoms with E-state index in [-0.39, 0.29) is 0 Å². The van der Waals surface area contributed by atoms with Crippen LogP contribution in [-0.2, 0) is 4.79 Å². The molecule has 0 saturated heterocycles. The Labute approximate surface area is 113 Å². The van der Waals surface area contributed by atoms with Crippen LogP contribution in [0.5, 0.6) is 0 Å². The standard InChI is InChI=1S/C16H17NO2/c1-13(16(18)19)12-17(14-8-4-2-5-9-14)15-10-6-3-7-11-15/h2-11,13H,12H2,1H3,(H,18,19)/t13-/m0/s1. The van der Waals surface area contributed by atoms with Gasteiger partial charge >= 0.3 is 5.97 Å². The number of benzene rings is 2. The minimum Gasteiger partial charge on any atom is -0.481 e. The van der Waals surface area contributed by atoms with Gasteiger partial charge < -0.3 is 10.0 Å². The second-order valence-corrected chi connectivity index (χ2v) is 4.52. The number of carbonyl (C=O) groups is 1. The molecule has 3 nitrogen and oxygen atoms in total. The van der Waals surface area contributed by atoms with Crippen LogP contribution in [0.15, 0.2) is 60.7 Å². The molecule has 0 saturated carbocycles. The average molecular weight is 255 g/mol. The van der Waals surface area contributed by atoms with Crippen LogP contribution in [0.2, 0.25) is 0 Å². The molecule has 0 spiro atoms. The van der Waals surface area contributed by atoms with Crippen molar-refractivity contribution in [3.05, 3.63) is 60.7 Å². The molecule has 2 aromatic carbocycles. The van der Waals surface area contributed by atoms with Crippen molar-refractivity contribution in [1.29, 1.82) is 0 Å². The highest BCUT2D eigenvalue weighted by atomic mass is 16.4. The molecule has 2 rings (SSSR count). The van der Waals surface area contributed by atoms with E-state index in [0.717, 1.165) is 11.4 Å². The van der Waals surface area contributed by atoms with Gasteiger partial charge in [-0.15, -0.1) is 0 Å². The minimum atomic E-state index is -0.781. The van der Waals surface area contributed by atoms with Crippen molar-refractivity contribution >= 4 is 17.3 Å². The predicted molar refractivity (Wildman–Crippen MR) is 76.7 cm³/mol. The normalized spacial score (nSPS) is 11.8. The predicted octanol–water partition coefficient (Wildman–Crippen LogP) is 3.55. The van der Waals surface area contributed by atoms with Crippen LogP contribution in [0.1, 0.15) is 6.92 Å². The van der Waals surface area contributed by atoms with Crippen molar-refractivity contribution in [3.63, 3.8) is 0 Å². The molecule has 0 aliphatic heterocycles. The van der Waals surface area contributed by atoms with E-state index in [1.165, 1.54) is 0 Å². The number of nitrogens with zero attached hydrogens (tertiary/aromatic N) is 1. The molecule has 0 aromatic heterocycles. The Balaban J connectivity index is 2.32. The number of anilines is 2. The highest BCUT2D eigenvalue weighted by Crippen LogP contribution is 2.25. The second-order valence-electron chi connectivity index (χ2n) is 4.52. The quantitative estimate of drug-likeness (QED) is 0.888. The number of carboxylic acid groups (broad SMARTS) is 1. The van der Waals surface area contributed by atoms with Gasteiger partial charge in [-0.25, -0.2) is 0 Å². The van der Waals surface area contributed by atoms with Gasteiger partial charge in [0.1, 0.15) is 0 Å². The monoisotopic (exact) mass is 255 g/mol. The summed E-state index contributed by atoms with van der Waals surface area (Å²) >= 11 is 0. The Morgan fingerprint density at radius 1 is 1.00 bits per heavy atom. The molecule has 0 radical (unpaired) electrons. The number of aliphatic carboxylic acids is 1. The molecule has 2 aromatic rings. The lowest BCUT2D eigenvalue weighted by Crippen LogP contribution is -2.28. The third kappa shape index (κ3) is 3.35. The van der Waals surface area contributed by atoms with Crippen LogP contribution < -0.4 is 4.90 Å². The molecule has 98 valence electrons.